The molecule has 1 saturated heterocycles. The van der Waals surface area contributed by atoms with E-state index in [0.29, 0.717) is 25.7 Å². The smallest absolute Gasteiger partial charge is 0.410 e. The van der Waals surface area contributed by atoms with Gasteiger partial charge in [0.2, 0.25) is 0 Å². The molecule has 0 aliphatic carbocycles. The predicted molar refractivity (Wildman–Crippen MR) is 84.4 cm³/mol. The van der Waals surface area contributed by atoms with E-state index in [-0.39, 0.29) is 19.5 Å². The first-order chi connectivity index (χ1) is 10.5. The first-order valence-corrected chi connectivity index (χ1v) is 7.94. The molecule has 1 rings (SSSR count). The molecule has 0 aromatic heterocycles. The lowest BCUT2D eigenvalue weighted by Crippen LogP contribution is -2.66. The largest absolute Gasteiger partial charge is 0.481 e. The number of carbonyl (C=O) groups excluding carboxylic acids is 1. The van der Waals surface area contributed by atoms with Crippen molar-refractivity contribution in [2.24, 2.45) is 5.92 Å². The van der Waals surface area contributed by atoms with Gasteiger partial charge >= 0.3 is 12.1 Å². The zero-order valence-corrected chi connectivity index (χ0v) is 14.8. The van der Waals surface area contributed by atoms with Crippen LogP contribution in [0, 0.1) is 5.92 Å². The number of carboxylic acids is 1. The Labute approximate surface area is 137 Å². The maximum absolute atomic E-state index is 11.9. The average Bonchev–Trinajstić information content (AvgIpc) is 2.30. The number of hydrogen-bond acceptors (Lipinski definition) is 5. The number of amides is 1. The Balaban J connectivity index is 2.43. The van der Waals surface area contributed by atoms with E-state index in [1.807, 2.05) is 0 Å². The van der Waals surface area contributed by atoms with E-state index in [4.69, 9.17) is 19.3 Å². The van der Waals surface area contributed by atoms with Crippen molar-refractivity contribution < 1.29 is 28.9 Å². The van der Waals surface area contributed by atoms with E-state index in [2.05, 4.69) is 13.8 Å². The van der Waals surface area contributed by atoms with Crippen molar-refractivity contribution in [3.05, 3.63) is 0 Å². The molecule has 1 N–H and O–H groups in total. The van der Waals surface area contributed by atoms with Crippen LogP contribution < -0.4 is 0 Å². The number of carboxylic acid groups (broad SMARTS) is 1. The summed E-state index contributed by atoms with van der Waals surface area (Å²) in [7, 11) is 0. The van der Waals surface area contributed by atoms with E-state index in [1.165, 1.54) is 4.90 Å². The van der Waals surface area contributed by atoms with Crippen molar-refractivity contribution in [3.63, 3.8) is 0 Å². The minimum atomic E-state index is -0.947. The Morgan fingerprint density at radius 1 is 1.22 bits per heavy atom. The second-order valence-electron chi connectivity index (χ2n) is 7.41. The highest BCUT2D eigenvalue weighted by Crippen LogP contribution is 2.30. The second-order valence-corrected chi connectivity index (χ2v) is 7.41. The molecule has 0 radical (unpaired) electrons. The number of ether oxygens (including phenoxy) is 3. The highest BCUT2D eigenvalue weighted by molar-refractivity contribution is 5.72. The molecular weight excluding hydrogens is 302 g/mol. The predicted octanol–water partition coefficient (Wildman–Crippen LogP) is 2.14. The summed E-state index contributed by atoms with van der Waals surface area (Å²) in [5.74, 6) is -0.508. The molecule has 1 aliphatic rings. The maximum atomic E-state index is 11.9. The summed E-state index contributed by atoms with van der Waals surface area (Å²) in [6.07, 6.45) is -0.589. The minimum Gasteiger partial charge on any atom is -0.481 e. The van der Waals surface area contributed by atoms with Gasteiger partial charge in [-0.2, -0.15) is 0 Å². The van der Waals surface area contributed by atoms with Crippen LogP contribution in [0.2, 0.25) is 0 Å². The number of hydrogen-bond donors (Lipinski definition) is 1. The first-order valence-electron chi connectivity index (χ1n) is 7.94. The van der Waals surface area contributed by atoms with Gasteiger partial charge in [-0.25, -0.2) is 4.79 Å². The molecule has 0 saturated carbocycles. The van der Waals surface area contributed by atoms with Gasteiger partial charge in [0.25, 0.3) is 0 Å². The van der Waals surface area contributed by atoms with Crippen LogP contribution in [0.3, 0.4) is 0 Å². The Kier molecular flexibility index (Phi) is 6.83. The Morgan fingerprint density at radius 2 is 1.83 bits per heavy atom. The van der Waals surface area contributed by atoms with Crippen molar-refractivity contribution in [1.29, 1.82) is 0 Å². The summed E-state index contributed by atoms with van der Waals surface area (Å²) < 4.78 is 16.4. The summed E-state index contributed by atoms with van der Waals surface area (Å²) >= 11 is 0. The molecule has 0 atom stereocenters. The monoisotopic (exact) mass is 331 g/mol. The first kappa shape index (κ1) is 19.7. The highest BCUT2D eigenvalue weighted by atomic mass is 16.6. The summed E-state index contributed by atoms with van der Waals surface area (Å²) in [5.41, 5.74) is -1.42. The van der Waals surface area contributed by atoms with E-state index in [9.17, 15) is 9.59 Å². The van der Waals surface area contributed by atoms with Crippen LogP contribution >= 0.6 is 0 Å². The van der Waals surface area contributed by atoms with Gasteiger partial charge in [0.1, 0.15) is 11.2 Å². The quantitative estimate of drug-likeness (QED) is 0.686. The van der Waals surface area contributed by atoms with Crippen LogP contribution in [-0.2, 0) is 19.0 Å². The number of likely N-dealkylation sites (tertiary alicyclic amines) is 1. The lowest BCUT2D eigenvalue weighted by atomic mass is 9.90. The van der Waals surface area contributed by atoms with Crippen molar-refractivity contribution in [1.82, 2.24) is 4.90 Å². The molecule has 1 heterocycles. The minimum absolute atomic E-state index is 0.142. The van der Waals surface area contributed by atoms with Crippen LogP contribution in [0.1, 0.15) is 41.0 Å². The van der Waals surface area contributed by atoms with E-state index < -0.39 is 23.3 Å². The summed E-state index contributed by atoms with van der Waals surface area (Å²) in [6, 6.07) is 0. The molecule has 1 amide bonds. The standard InChI is InChI=1S/C16H29NO6/c1-12(2)9-21-6-7-22-16(8-13(18)19)10-17(11-16)14(20)23-15(3,4)5/h12H,6-11H2,1-5H3,(H,18,19). The molecule has 134 valence electrons. The third kappa shape index (κ3) is 7.18. The van der Waals surface area contributed by atoms with Crippen LogP contribution in [-0.4, -0.2) is 66.2 Å². The second kappa shape index (κ2) is 7.97. The molecular formula is C16H29NO6. The lowest BCUT2D eigenvalue weighted by Gasteiger charge is -2.48. The van der Waals surface area contributed by atoms with Gasteiger partial charge in [-0.1, -0.05) is 13.8 Å². The van der Waals surface area contributed by atoms with Gasteiger partial charge in [-0.15, -0.1) is 0 Å². The number of carbonyl (C=O) groups is 2. The van der Waals surface area contributed by atoms with E-state index >= 15 is 0 Å². The van der Waals surface area contributed by atoms with Gasteiger partial charge < -0.3 is 24.2 Å². The fourth-order valence-corrected chi connectivity index (χ4v) is 2.27. The zero-order chi connectivity index (χ0) is 17.7. The summed E-state index contributed by atoms with van der Waals surface area (Å²) in [4.78, 5) is 24.4. The normalized spacial score (nSPS) is 17.0. The van der Waals surface area contributed by atoms with Gasteiger partial charge in [-0.3, -0.25) is 4.79 Å². The topological polar surface area (TPSA) is 85.3 Å². The summed E-state index contributed by atoms with van der Waals surface area (Å²) in [6.45, 7) is 11.3. The molecule has 0 aromatic carbocycles. The zero-order valence-electron chi connectivity index (χ0n) is 14.8. The molecule has 0 bridgehead atoms. The molecule has 7 nitrogen and oxygen atoms in total. The molecule has 1 fully saturated rings. The Hall–Kier alpha value is -1.34. The fraction of sp³-hybridized carbons (Fsp3) is 0.875. The van der Waals surface area contributed by atoms with Crippen LogP contribution in [0.15, 0.2) is 0 Å². The van der Waals surface area contributed by atoms with E-state index in [0.717, 1.165) is 0 Å². The van der Waals surface area contributed by atoms with Crippen LogP contribution in [0.5, 0.6) is 0 Å². The van der Waals surface area contributed by atoms with Gasteiger partial charge in [0.15, 0.2) is 0 Å². The number of rotatable bonds is 8. The molecule has 1 aliphatic heterocycles. The van der Waals surface area contributed by atoms with Crippen LogP contribution in [0.4, 0.5) is 4.79 Å². The lowest BCUT2D eigenvalue weighted by molar-refractivity contribution is -0.170. The molecule has 0 spiro atoms. The van der Waals surface area contributed by atoms with Crippen molar-refractivity contribution in [2.75, 3.05) is 32.9 Å². The third-order valence-corrected chi connectivity index (χ3v) is 3.17. The van der Waals surface area contributed by atoms with Crippen molar-refractivity contribution in [2.45, 2.75) is 52.2 Å². The van der Waals surface area contributed by atoms with Crippen molar-refractivity contribution >= 4 is 12.1 Å². The van der Waals surface area contributed by atoms with Gasteiger partial charge in [0, 0.05) is 6.61 Å². The Morgan fingerprint density at radius 3 is 2.30 bits per heavy atom. The molecule has 7 heteroatoms. The number of aliphatic carboxylic acids is 1. The SMILES string of the molecule is CC(C)COCCOC1(CC(=O)O)CN(C(=O)OC(C)(C)C)C1. The van der Waals surface area contributed by atoms with Crippen LogP contribution in [0.25, 0.3) is 0 Å². The number of nitrogens with zero attached hydrogens (tertiary/aromatic N) is 1. The maximum Gasteiger partial charge on any atom is 0.410 e. The Bertz CT molecular complexity index is 409. The molecule has 0 unspecified atom stereocenters. The molecule has 0 aromatic rings. The fourth-order valence-electron chi connectivity index (χ4n) is 2.27. The third-order valence-electron chi connectivity index (χ3n) is 3.17. The van der Waals surface area contributed by atoms with Gasteiger partial charge in [-0.05, 0) is 26.7 Å². The highest BCUT2D eigenvalue weighted by Gasteiger charge is 2.49. The van der Waals surface area contributed by atoms with Gasteiger partial charge in [0.05, 0.1) is 32.7 Å². The molecule has 23 heavy (non-hydrogen) atoms. The van der Waals surface area contributed by atoms with E-state index in [1.54, 1.807) is 20.8 Å². The van der Waals surface area contributed by atoms with Crippen molar-refractivity contribution in [3.8, 4) is 0 Å². The summed E-state index contributed by atoms with van der Waals surface area (Å²) in [5, 5.41) is 9.05. The average molecular weight is 331 g/mol.